The number of rotatable bonds is 6. The minimum Gasteiger partial charge on any atom is -0.309 e. The third-order valence-electron chi connectivity index (χ3n) is 19.7. The van der Waals surface area contributed by atoms with E-state index >= 15 is 0 Å². The van der Waals surface area contributed by atoms with Gasteiger partial charge in [-0.1, -0.05) is 216 Å². The summed E-state index contributed by atoms with van der Waals surface area (Å²) in [7, 11) is 0. The summed E-state index contributed by atoms with van der Waals surface area (Å²) in [5, 5.41) is 13.0. The zero-order valence-corrected chi connectivity index (χ0v) is 55.8. The van der Waals surface area contributed by atoms with Crippen LogP contribution in [0.3, 0.4) is 0 Å². The van der Waals surface area contributed by atoms with Crippen molar-refractivity contribution in [1.82, 2.24) is 13.7 Å². The molecular formula is C91H58BrN3S2. The molecule has 20 aromatic rings. The quantitative estimate of drug-likeness (QED) is 0.158. The van der Waals surface area contributed by atoms with Gasteiger partial charge in [0.25, 0.3) is 0 Å². The Morgan fingerprint density at radius 3 is 1.08 bits per heavy atom. The molecule has 0 amide bonds. The largest absolute Gasteiger partial charge is 0.309 e. The number of halogens is 1. The van der Waals surface area contributed by atoms with Crippen LogP contribution in [0.1, 0.15) is 11.1 Å². The topological polar surface area (TPSA) is 14.8 Å². The van der Waals surface area contributed by atoms with E-state index in [-0.39, 0.29) is 0 Å². The average molecular weight is 1340 g/mol. The molecule has 21 rings (SSSR count). The molecule has 0 N–H and O–H groups in total. The van der Waals surface area contributed by atoms with Crippen molar-refractivity contribution in [2.24, 2.45) is 0 Å². The molecule has 3 nitrogen and oxygen atoms in total. The van der Waals surface area contributed by atoms with Gasteiger partial charge in [0.15, 0.2) is 0 Å². The summed E-state index contributed by atoms with van der Waals surface area (Å²) >= 11 is 7.22. The molecule has 97 heavy (non-hydrogen) atoms. The lowest BCUT2D eigenvalue weighted by Gasteiger charge is -2.10. The number of thiophene rings is 2. The van der Waals surface area contributed by atoms with Gasteiger partial charge in [0, 0.05) is 94.2 Å². The molecule has 0 aliphatic heterocycles. The highest BCUT2D eigenvalue weighted by molar-refractivity contribution is 9.10. The molecule has 0 saturated heterocycles. The van der Waals surface area contributed by atoms with Crippen molar-refractivity contribution < 1.29 is 0 Å². The van der Waals surface area contributed by atoms with Crippen LogP contribution in [0.15, 0.2) is 344 Å². The summed E-state index contributed by atoms with van der Waals surface area (Å²) < 4.78 is 13.7. The van der Waals surface area contributed by atoms with Crippen LogP contribution in [0.4, 0.5) is 0 Å². The second-order valence-corrected chi connectivity index (χ2v) is 28.3. The highest BCUT2D eigenvalue weighted by atomic mass is 79.9. The van der Waals surface area contributed by atoms with Gasteiger partial charge in [-0.05, 0) is 202 Å². The van der Waals surface area contributed by atoms with E-state index in [1.807, 2.05) is 22.7 Å². The summed E-state index contributed by atoms with van der Waals surface area (Å²) in [5.74, 6) is 0. The van der Waals surface area contributed by atoms with E-state index < -0.39 is 0 Å². The first-order valence-electron chi connectivity index (χ1n) is 33.0. The van der Waals surface area contributed by atoms with Gasteiger partial charge >= 0.3 is 0 Å². The molecule has 0 bridgehead atoms. The molecule has 6 heteroatoms. The molecule has 5 aromatic heterocycles. The minimum atomic E-state index is 1.04. The summed E-state index contributed by atoms with van der Waals surface area (Å²) in [4.78, 5) is 0. The Labute approximate surface area is 577 Å². The molecule has 0 unspecified atom stereocenters. The van der Waals surface area contributed by atoms with Crippen LogP contribution >= 0.6 is 38.6 Å². The summed E-state index contributed by atoms with van der Waals surface area (Å²) in [6.07, 6.45) is 1.04. The number of aromatic nitrogens is 3. The van der Waals surface area contributed by atoms with Crippen molar-refractivity contribution in [3.63, 3.8) is 0 Å². The molecule has 0 radical (unpaired) electrons. The third-order valence-corrected chi connectivity index (χ3v) is 22.5. The molecule has 1 aliphatic rings. The van der Waals surface area contributed by atoms with E-state index in [0.717, 1.165) is 16.6 Å². The van der Waals surface area contributed by atoms with Gasteiger partial charge in [0.2, 0.25) is 0 Å². The zero-order valence-electron chi connectivity index (χ0n) is 52.6. The standard InChI is InChI=1S/C48H30N2S.C31H21N.C12H7BrS/c1-2-10-35(11-3-1)49-43-15-7-4-12-37(43)40-28-33(20-25-45(40)49)34-21-26-46-41(29-34)38-13-5-8-16-44(38)50(46)36-23-18-31(19-24-36)32-22-27-48-42(30-32)39-14-6-9-17-47(39)51-48;1-2-9-25(10-3-1)32-30-13-7-6-12-27(30)29-20-22(16-17-31(29)32)21-14-15-24-18-23-8-4-5-11-26(23)28(24)19-21;13-8-5-6-12-10(7-8)9-3-1-2-4-11(9)14-12/h1-30H;1-17,19-20H,18H2;1-7H. The second-order valence-electron chi connectivity index (χ2n) is 25.2. The lowest BCUT2D eigenvalue weighted by molar-refractivity contribution is 1.18. The van der Waals surface area contributed by atoms with Crippen molar-refractivity contribution in [1.29, 1.82) is 0 Å². The summed E-state index contributed by atoms with van der Waals surface area (Å²) in [5.41, 5.74) is 24.0. The summed E-state index contributed by atoms with van der Waals surface area (Å²) in [6.45, 7) is 0. The maximum absolute atomic E-state index is 3.51. The van der Waals surface area contributed by atoms with Crippen LogP contribution in [0, 0.1) is 0 Å². The van der Waals surface area contributed by atoms with E-state index in [4.69, 9.17) is 0 Å². The van der Waals surface area contributed by atoms with E-state index in [1.54, 1.807) is 0 Å². The lowest BCUT2D eigenvalue weighted by atomic mass is 9.97. The Morgan fingerprint density at radius 1 is 0.216 bits per heavy atom. The normalized spacial score (nSPS) is 11.9. The molecule has 0 spiro atoms. The SMILES string of the molecule is Brc1ccc2sc3ccccc3c2c1.c1ccc(-n2c3ccccc3c3cc(-c4ccc5c(c4)-c4ccccc4C5)ccc32)cc1.c1ccc(-n2c3ccccc3c3cc(-c4ccc5c(c4)c4ccccc4n5-c4ccc(-c5ccc6sc7ccccc7c6c5)cc4)ccc32)cc1. The Bertz CT molecular complexity index is 6480. The number of hydrogen-bond acceptors (Lipinski definition) is 2. The van der Waals surface area contributed by atoms with Crippen LogP contribution in [-0.4, -0.2) is 13.7 Å². The molecule has 5 heterocycles. The maximum Gasteiger partial charge on any atom is 0.0541 e. The van der Waals surface area contributed by atoms with E-state index in [1.165, 1.54) is 173 Å². The van der Waals surface area contributed by atoms with E-state index in [0.29, 0.717) is 0 Å². The van der Waals surface area contributed by atoms with Gasteiger partial charge < -0.3 is 13.7 Å². The Balaban J connectivity index is 0.000000121. The molecule has 15 aromatic carbocycles. The molecule has 456 valence electrons. The van der Waals surface area contributed by atoms with Crippen molar-refractivity contribution in [2.75, 3.05) is 0 Å². The lowest BCUT2D eigenvalue weighted by Crippen LogP contribution is -1.94. The Kier molecular flexibility index (Phi) is 13.8. The maximum atomic E-state index is 3.51. The number of benzene rings is 15. The van der Waals surface area contributed by atoms with Crippen LogP contribution in [-0.2, 0) is 6.42 Å². The molecule has 0 atom stereocenters. The average Bonchev–Trinajstić information content (AvgIpc) is 1.60. The predicted octanol–water partition coefficient (Wildman–Crippen LogP) is 26.4. The molecule has 0 saturated carbocycles. The van der Waals surface area contributed by atoms with Crippen molar-refractivity contribution in [2.45, 2.75) is 6.42 Å². The summed E-state index contributed by atoms with van der Waals surface area (Å²) in [6, 6.07) is 124. The zero-order chi connectivity index (χ0) is 64.1. The van der Waals surface area contributed by atoms with Gasteiger partial charge in [-0.3, -0.25) is 0 Å². The number of para-hydroxylation sites is 5. The van der Waals surface area contributed by atoms with Crippen LogP contribution in [0.25, 0.3) is 167 Å². The molecule has 0 fully saturated rings. The first-order chi connectivity index (χ1) is 48.0. The Hall–Kier alpha value is -11.4. The fraction of sp³-hybridized carbons (Fsp3) is 0.0110. The molecule has 1 aliphatic carbocycles. The Morgan fingerprint density at radius 2 is 0.557 bits per heavy atom. The monoisotopic (exact) mass is 1340 g/mol. The highest BCUT2D eigenvalue weighted by Crippen LogP contribution is 2.44. The van der Waals surface area contributed by atoms with Crippen LogP contribution in [0.5, 0.6) is 0 Å². The van der Waals surface area contributed by atoms with Crippen LogP contribution < -0.4 is 0 Å². The van der Waals surface area contributed by atoms with Gasteiger partial charge in [-0.25, -0.2) is 0 Å². The predicted molar refractivity (Wildman–Crippen MR) is 420 cm³/mol. The molecular weight excluding hydrogens is 1280 g/mol. The van der Waals surface area contributed by atoms with E-state index in [9.17, 15) is 0 Å². The smallest absolute Gasteiger partial charge is 0.0541 e. The number of fused-ring (bicyclic) bond motifs is 18. The van der Waals surface area contributed by atoms with Crippen molar-refractivity contribution >= 4 is 144 Å². The second kappa shape index (κ2) is 23.5. The first kappa shape index (κ1) is 57.1. The van der Waals surface area contributed by atoms with Crippen LogP contribution in [0.2, 0.25) is 0 Å². The van der Waals surface area contributed by atoms with Crippen molar-refractivity contribution in [3.8, 4) is 61.6 Å². The minimum absolute atomic E-state index is 1.04. The van der Waals surface area contributed by atoms with Gasteiger partial charge in [-0.2, -0.15) is 0 Å². The third kappa shape index (κ3) is 9.81. The van der Waals surface area contributed by atoms with Gasteiger partial charge in [-0.15, -0.1) is 22.7 Å². The number of hydrogen-bond donors (Lipinski definition) is 0. The fourth-order valence-corrected chi connectivity index (χ4v) is 17.7. The fourth-order valence-electron chi connectivity index (χ4n) is 15.2. The van der Waals surface area contributed by atoms with Gasteiger partial charge in [0.05, 0.1) is 33.1 Å². The number of nitrogens with zero attached hydrogens (tertiary/aromatic N) is 3. The van der Waals surface area contributed by atoms with E-state index in [2.05, 4.69) is 369 Å². The highest BCUT2D eigenvalue weighted by Gasteiger charge is 2.21. The van der Waals surface area contributed by atoms with Crippen molar-refractivity contribution in [3.05, 3.63) is 355 Å². The first-order valence-corrected chi connectivity index (χ1v) is 35.4. The van der Waals surface area contributed by atoms with Gasteiger partial charge in [0.1, 0.15) is 0 Å².